The summed E-state index contributed by atoms with van der Waals surface area (Å²) in [5, 5.41) is 4.48. The van der Waals surface area contributed by atoms with E-state index in [1.807, 2.05) is 42.5 Å². The molecule has 0 saturated carbocycles. The number of carbonyl (C=O) groups excluding carboxylic acids is 1. The predicted octanol–water partition coefficient (Wildman–Crippen LogP) is 5.94. The molecule has 2 heterocycles. The van der Waals surface area contributed by atoms with E-state index < -0.39 is 5.91 Å². The number of fused-ring (bicyclic) bond motifs is 1. The number of furan rings is 1. The molecule has 1 amide bonds. The number of rotatable bonds is 6. The lowest BCUT2D eigenvalue weighted by atomic mass is 9.89. The van der Waals surface area contributed by atoms with Crippen LogP contribution in [0.1, 0.15) is 15.9 Å². The van der Waals surface area contributed by atoms with E-state index in [0.717, 1.165) is 77.3 Å². The standard InChI is InChI=1S/C32H29N3O2/c33-32(36)25-12-13-26(23-6-2-1-3-7-23)29(19-25)27-8-4-5-9-28(27)31-20-24-11-10-22(18-30(24)37-31)21-35-16-14-34-15-17-35/h1-13,18-20,34H,14-17,21H2,(H2,33,36). The van der Waals surface area contributed by atoms with Crippen LogP contribution in [-0.4, -0.2) is 37.0 Å². The van der Waals surface area contributed by atoms with E-state index in [2.05, 4.69) is 58.7 Å². The number of nitrogens with one attached hydrogen (secondary N) is 1. The second-order valence-electron chi connectivity index (χ2n) is 9.55. The number of hydrogen-bond donors (Lipinski definition) is 2. The number of carbonyl (C=O) groups is 1. The van der Waals surface area contributed by atoms with Crippen LogP contribution in [0.2, 0.25) is 0 Å². The van der Waals surface area contributed by atoms with E-state index in [-0.39, 0.29) is 0 Å². The molecule has 5 aromatic rings. The van der Waals surface area contributed by atoms with Crippen molar-refractivity contribution in [1.29, 1.82) is 0 Å². The van der Waals surface area contributed by atoms with Gasteiger partial charge in [0.15, 0.2) is 0 Å². The van der Waals surface area contributed by atoms with Crippen LogP contribution < -0.4 is 11.1 Å². The van der Waals surface area contributed by atoms with Gasteiger partial charge < -0.3 is 15.5 Å². The van der Waals surface area contributed by atoms with Crippen molar-refractivity contribution in [2.75, 3.05) is 26.2 Å². The molecular formula is C32H29N3O2. The van der Waals surface area contributed by atoms with Crippen LogP contribution in [-0.2, 0) is 6.54 Å². The molecule has 0 atom stereocenters. The highest BCUT2D eigenvalue weighted by Gasteiger charge is 2.17. The maximum Gasteiger partial charge on any atom is 0.248 e. The number of nitrogens with two attached hydrogens (primary N) is 1. The maximum atomic E-state index is 12.1. The number of hydrogen-bond acceptors (Lipinski definition) is 4. The van der Waals surface area contributed by atoms with Crippen molar-refractivity contribution in [3.63, 3.8) is 0 Å². The Balaban J connectivity index is 1.43. The van der Waals surface area contributed by atoms with Gasteiger partial charge in [-0.1, -0.05) is 72.8 Å². The summed E-state index contributed by atoms with van der Waals surface area (Å²) in [6.07, 6.45) is 0. The van der Waals surface area contributed by atoms with Crippen LogP contribution in [0.15, 0.2) is 101 Å². The van der Waals surface area contributed by atoms with E-state index in [0.29, 0.717) is 5.56 Å². The van der Waals surface area contributed by atoms with E-state index in [1.165, 1.54) is 5.56 Å². The van der Waals surface area contributed by atoms with Crippen molar-refractivity contribution >= 4 is 16.9 Å². The summed E-state index contributed by atoms with van der Waals surface area (Å²) in [6.45, 7) is 5.11. The third kappa shape index (κ3) is 4.79. The first-order valence-corrected chi connectivity index (χ1v) is 12.7. The maximum absolute atomic E-state index is 12.1. The van der Waals surface area contributed by atoms with Crippen LogP contribution in [0.25, 0.3) is 44.5 Å². The lowest BCUT2D eigenvalue weighted by Gasteiger charge is -2.27. The molecule has 6 rings (SSSR count). The molecule has 5 nitrogen and oxygen atoms in total. The highest BCUT2D eigenvalue weighted by atomic mass is 16.3. The van der Waals surface area contributed by atoms with Crippen molar-refractivity contribution in [2.45, 2.75) is 6.54 Å². The largest absolute Gasteiger partial charge is 0.456 e. The Bertz CT molecular complexity index is 1570. The minimum atomic E-state index is -0.445. The molecule has 0 bridgehead atoms. The molecule has 184 valence electrons. The summed E-state index contributed by atoms with van der Waals surface area (Å²) in [6, 6.07) is 32.6. The Kier molecular flexibility index (Phi) is 6.31. The van der Waals surface area contributed by atoms with Crippen LogP contribution >= 0.6 is 0 Å². The number of piperazine rings is 1. The summed E-state index contributed by atoms with van der Waals surface area (Å²) in [5.74, 6) is 0.354. The van der Waals surface area contributed by atoms with Gasteiger partial charge in [-0.3, -0.25) is 9.69 Å². The average molecular weight is 488 g/mol. The Morgan fingerprint density at radius 2 is 1.54 bits per heavy atom. The average Bonchev–Trinajstić information content (AvgIpc) is 3.37. The molecule has 4 aromatic carbocycles. The molecular weight excluding hydrogens is 458 g/mol. The predicted molar refractivity (Wildman–Crippen MR) is 149 cm³/mol. The molecule has 3 N–H and O–H groups in total. The monoisotopic (exact) mass is 487 g/mol. The first kappa shape index (κ1) is 23.2. The molecule has 0 radical (unpaired) electrons. The highest BCUT2D eigenvalue weighted by molar-refractivity contribution is 5.99. The summed E-state index contributed by atoms with van der Waals surface area (Å²) in [7, 11) is 0. The summed E-state index contributed by atoms with van der Waals surface area (Å²) < 4.78 is 6.45. The second kappa shape index (κ2) is 10.1. The zero-order valence-electron chi connectivity index (χ0n) is 20.6. The number of primary amides is 1. The number of nitrogens with zero attached hydrogens (tertiary/aromatic N) is 1. The summed E-state index contributed by atoms with van der Waals surface area (Å²) in [4.78, 5) is 14.5. The van der Waals surface area contributed by atoms with E-state index in [9.17, 15) is 4.79 Å². The van der Waals surface area contributed by atoms with Crippen molar-refractivity contribution in [2.24, 2.45) is 5.73 Å². The van der Waals surface area contributed by atoms with Crippen LogP contribution in [0.3, 0.4) is 0 Å². The zero-order valence-corrected chi connectivity index (χ0v) is 20.6. The zero-order chi connectivity index (χ0) is 25.2. The molecule has 37 heavy (non-hydrogen) atoms. The minimum absolute atomic E-state index is 0.445. The minimum Gasteiger partial charge on any atom is -0.456 e. The van der Waals surface area contributed by atoms with Gasteiger partial charge >= 0.3 is 0 Å². The van der Waals surface area contributed by atoms with Gasteiger partial charge in [0.05, 0.1) is 0 Å². The first-order chi connectivity index (χ1) is 18.2. The quantitative estimate of drug-likeness (QED) is 0.311. The molecule has 1 aromatic heterocycles. The fourth-order valence-corrected chi connectivity index (χ4v) is 5.16. The molecule has 1 aliphatic heterocycles. The molecule has 0 aliphatic carbocycles. The second-order valence-corrected chi connectivity index (χ2v) is 9.55. The van der Waals surface area contributed by atoms with Gasteiger partial charge in [0.25, 0.3) is 0 Å². The van der Waals surface area contributed by atoms with Gasteiger partial charge in [-0.15, -0.1) is 0 Å². The Labute approximate surface area is 216 Å². The molecule has 1 saturated heterocycles. The molecule has 0 unspecified atom stereocenters. The third-order valence-electron chi connectivity index (χ3n) is 7.07. The SMILES string of the molecule is NC(=O)c1ccc(-c2ccccc2)c(-c2ccccc2-c2cc3ccc(CN4CCNCC4)cc3o2)c1. The number of benzene rings is 4. The molecule has 1 fully saturated rings. The van der Waals surface area contributed by atoms with Crippen LogP contribution in [0.4, 0.5) is 0 Å². The number of amides is 1. The van der Waals surface area contributed by atoms with Gasteiger partial charge in [-0.2, -0.15) is 0 Å². The summed E-state index contributed by atoms with van der Waals surface area (Å²) >= 11 is 0. The Morgan fingerprint density at radius 3 is 2.32 bits per heavy atom. The van der Waals surface area contributed by atoms with E-state index >= 15 is 0 Å². The highest BCUT2D eigenvalue weighted by Crippen LogP contribution is 2.40. The fourth-order valence-electron chi connectivity index (χ4n) is 5.16. The normalized spacial score (nSPS) is 14.2. The first-order valence-electron chi connectivity index (χ1n) is 12.7. The van der Waals surface area contributed by atoms with Gasteiger partial charge in [-0.25, -0.2) is 0 Å². The van der Waals surface area contributed by atoms with Gasteiger partial charge in [0, 0.05) is 49.2 Å². The van der Waals surface area contributed by atoms with Crippen molar-refractivity contribution in [1.82, 2.24) is 10.2 Å². The van der Waals surface area contributed by atoms with Crippen LogP contribution in [0.5, 0.6) is 0 Å². The van der Waals surface area contributed by atoms with Gasteiger partial charge in [0.2, 0.25) is 5.91 Å². The Morgan fingerprint density at radius 1 is 0.784 bits per heavy atom. The topological polar surface area (TPSA) is 71.5 Å². The van der Waals surface area contributed by atoms with E-state index in [1.54, 1.807) is 6.07 Å². The molecule has 5 heteroatoms. The Hall–Kier alpha value is -4.19. The molecule has 1 aliphatic rings. The lowest BCUT2D eigenvalue weighted by molar-refractivity contribution is 0.100. The van der Waals surface area contributed by atoms with Crippen molar-refractivity contribution < 1.29 is 9.21 Å². The molecule has 0 spiro atoms. The van der Waals surface area contributed by atoms with Gasteiger partial charge in [-0.05, 0) is 52.1 Å². The van der Waals surface area contributed by atoms with E-state index in [4.69, 9.17) is 10.2 Å². The van der Waals surface area contributed by atoms with Gasteiger partial charge in [0.1, 0.15) is 11.3 Å². The lowest BCUT2D eigenvalue weighted by Crippen LogP contribution is -2.42. The van der Waals surface area contributed by atoms with Crippen molar-refractivity contribution in [3.05, 3.63) is 108 Å². The third-order valence-corrected chi connectivity index (χ3v) is 7.07. The van der Waals surface area contributed by atoms with Crippen molar-refractivity contribution in [3.8, 4) is 33.6 Å². The summed E-state index contributed by atoms with van der Waals surface area (Å²) in [5.41, 5.74) is 13.3. The van der Waals surface area contributed by atoms with Crippen LogP contribution in [0, 0.1) is 0 Å². The smallest absolute Gasteiger partial charge is 0.248 e. The fraction of sp³-hybridized carbons (Fsp3) is 0.156.